The lowest BCUT2D eigenvalue weighted by molar-refractivity contribution is 0.475. The Hall–Kier alpha value is -2.10. The quantitative estimate of drug-likeness (QED) is 0.587. The van der Waals surface area contributed by atoms with Gasteiger partial charge in [0.05, 0.1) is 5.02 Å². The van der Waals surface area contributed by atoms with E-state index in [2.05, 4.69) is 54.7 Å². The van der Waals surface area contributed by atoms with Crippen LogP contribution in [0.1, 0.15) is 18.9 Å². The minimum Gasteiger partial charge on any atom is -0.506 e. The van der Waals surface area contributed by atoms with E-state index in [-0.39, 0.29) is 5.75 Å². The molecule has 0 bridgehead atoms. The summed E-state index contributed by atoms with van der Waals surface area (Å²) < 4.78 is 0. The molecule has 0 amide bonds. The molecule has 128 valence electrons. The van der Waals surface area contributed by atoms with Crippen LogP contribution in [-0.4, -0.2) is 5.11 Å². The molecule has 0 atom stereocenters. The van der Waals surface area contributed by atoms with Crippen LogP contribution in [0.3, 0.4) is 0 Å². The highest BCUT2D eigenvalue weighted by Gasteiger charge is 2.06. The second-order valence-electron chi connectivity index (χ2n) is 5.92. The molecule has 25 heavy (non-hydrogen) atoms. The first-order valence-corrected chi connectivity index (χ1v) is 9.33. The van der Waals surface area contributed by atoms with Gasteiger partial charge in [-0.2, -0.15) is 0 Å². The van der Waals surface area contributed by atoms with Gasteiger partial charge < -0.3 is 10.4 Å². The maximum absolute atomic E-state index is 9.52. The number of phenols is 1. The Balaban J connectivity index is 1.73. The van der Waals surface area contributed by atoms with Gasteiger partial charge in [-0.25, -0.2) is 0 Å². The molecule has 0 saturated carbocycles. The molecule has 2 aromatic rings. The van der Waals surface area contributed by atoms with Crippen LogP contribution in [0.15, 0.2) is 82.1 Å². The number of hydrogen-bond donors (Lipinski definition) is 2. The second-order valence-corrected chi connectivity index (χ2v) is 7.44. The number of phenolic OH excluding ortho intramolecular Hbond substituents is 1. The number of allylic oxidation sites excluding steroid dienone is 5. The number of anilines is 1. The normalized spacial score (nSPS) is 13.8. The predicted molar refractivity (Wildman–Crippen MR) is 108 cm³/mol. The fourth-order valence-corrected chi connectivity index (χ4v) is 3.62. The van der Waals surface area contributed by atoms with Gasteiger partial charge in [0.25, 0.3) is 0 Å². The van der Waals surface area contributed by atoms with Gasteiger partial charge in [-0.1, -0.05) is 65.4 Å². The summed E-state index contributed by atoms with van der Waals surface area (Å²) in [6.45, 7) is 2.84. The number of nitrogens with one attached hydrogen (secondary N) is 1. The molecule has 0 unspecified atom stereocenters. The first-order chi connectivity index (χ1) is 12.1. The van der Waals surface area contributed by atoms with Gasteiger partial charge in [0, 0.05) is 22.0 Å². The SMILES string of the molecule is CC1=CC=C(Sc2ccccc2CNc2ccc(O)c(Cl)c2)C=CC1. The Morgan fingerprint density at radius 3 is 2.84 bits per heavy atom. The summed E-state index contributed by atoms with van der Waals surface area (Å²) in [4.78, 5) is 2.46. The van der Waals surface area contributed by atoms with Crippen LogP contribution in [0.4, 0.5) is 5.69 Å². The van der Waals surface area contributed by atoms with Crippen molar-refractivity contribution in [1.29, 1.82) is 0 Å². The monoisotopic (exact) mass is 369 g/mol. The van der Waals surface area contributed by atoms with Crippen molar-refractivity contribution >= 4 is 29.1 Å². The molecule has 0 fully saturated rings. The number of benzene rings is 2. The van der Waals surface area contributed by atoms with Crippen molar-refractivity contribution in [2.75, 3.05) is 5.32 Å². The van der Waals surface area contributed by atoms with Crippen molar-refractivity contribution in [2.45, 2.75) is 24.8 Å². The van der Waals surface area contributed by atoms with Crippen LogP contribution in [0.2, 0.25) is 5.02 Å². The van der Waals surface area contributed by atoms with Crippen LogP contribution in [0.25, 0.3) is 0 Å². The molecule has 2 N–H and O–H groups in total. The lowest BCUT2D eigenvalue weighted by atomic mass is 10.2. The van der Waals surface area contributed by atoms with E-state index in [4.69, 9.17) is 11.6 Å². The molecule has 4 heteroatoms. The Morgan fingerprint density at radius 1 is 1.16 bits per heavy atom. The first kappa shape index (κ1) is 17.7. The lowest BCUT2D eigenvalue weighted by Crippen LogP contribution is -2.00. The molecule has 1 aliphatic rings. The van der Waals surface area contributed by atoms with Crippen molar-refractivity contribution in [3.05, 3.63) is 87.8 Å². The maximum atomic E-state index is 9.52. The Bertz CT molecular complexity index is 855. The summed E-state index contributed by atoms with van der Waals surface area (Å²) in [6.07, 6.45) is 9.75. The zero-order chi connectivity index (χ0) is 17.6. The van der Waals surface area contributed by atoms with Crippen LogP contribution in [0, 0.1) is 0 Å². The topological polar surface area (TPSA) is 32.3 Å². The van der Waals surface area contributed by atoms with E-state index in [9.17, 15) is 5.11 Å². The summed E-state index contributed by atoms with van der Waals surface area (Å²) in [5.41, 5.74) is 3.47. The van der Waals surface area contributed by atoms with Crippen molar-refractivity contribution < 1.29 is 5.11 Å². The fourth-order valence-electron chi connectivity index (χ4n) is 2.47. The molecule has 0 spiro atoms. The number of thioether (sulfide) groups is 1. The van der Waals surface area contributed by atoms with Gasteiger partial charge in [0.2, 0.25) is 0 Å². The van der Waals surface area contributed by atoms with Crippen molar-refractivity contribution in [2.24, 2.45) is 0 Å². The van der Waals surface area contributed by atoms with Crippen LogP contribution >= 0.6 is 23.4 Å². The standard InChI is InChI=1S/C21H20ClNOS/c1-15-5-4-7-18(11-9-15)25-21-8-3-2-6-16(21)14-23-17-10-12-20(24)19(22)13-17/h2-4,6-13,23-24H,5,14H2,1H3. The van der Waals surface area contributed by atoms with E-state index in [1.807, 2.05) is 12.1 Å². The number of rotatable bonds is 5. The molecule has 0 aliphatic heterocycles. The highest BCUT2D eigenvalue weighted by atomic mass is 35.5. The number of aromatic hydroxyl groups is 1. The molecule has 0 heterocycles. The van der Waals surface area contributed by atoms with Crippen LogP contribution < -0.4 is 5.32 Å². The number of halogens is 1. The molecular weight excluding hydrogens is 350 g/mol. The second kappa shape index (κ2) is 8.32. The summed E-state index contributed by atoms with van der Waals surface area (Å²) in [6, 6.07) is 13.5. The summed E-state index contributed by atoms with van der Waals surface area (Å²) in [5.74, 6) is 0.0959. The average molecular weight is 370 g/mol. The molecule has 0 aromatic heterocycles. The third kappa shape index (κ3) is 4.94. The molecule has 0 saturated heterocycles. The lowest BCUT2D eigenvalue weighted by Gasteiger charge is -2.12. The van der Waals surface area contributed by atoms with Crippen molar-refractivity contribution in [3.8, 4) is 5.75 Å². The first-order valence-electron chi connectivity index (χ1n) is 8.14. The van der Waals surface area contributed by atoms with Gasteiger partial charge in [0.15, 0.2) is 0 Å². The molecule has 0 radical (unpaired) electrons. The molecule has 1 aliphatic carbocycles. The van der Waals surface area contributed by atoms with Crippen molar-refractivity contribution in [3.63, 3.8) is 0 Å². The molecular formula is C21H20ClNOS. The summed E-state index contributed by atoms with van der Waals surface area (Å²) >= 11 is 7.74. The average Bonchev–Trinajstić information content (AvgIpc) is 2.81. The van der Waals surface area contributed by atoms with Crippen LogP contribution in [0.5, 0.6) is 5.75 Å². The summed E-state index contributed by atoms with van der Waals surface area (Å²) in [7, 11) is 0. The minimum absolute atomic E-state index is 0.0959. The van der Waals surface area contributed by atoms with Gasteiger partial charge in [0.1, 0.15) is 5.75 Å². The van der Waals surface area contributed by atoms with Gasteiger partial charge >= 0.3 is 0 Å². The zero-order valence-corrected chi connectivity index (χ0v) is 15.6. The van der Waals surface area contributed by atoms with Crippen LogP contribution in [-0.2, 0) is 6.54 Å². The minimum atomic E-state index is 0.0959. The highest BCUT2D eigenvalue weighted by molar-refractivity contribution is 8.03. The Morgan fingerprint density at radius 2 is 2.00 bits per heavy atom. The van der Waals surface area contributed by atoms with E-state index in [0.29, 0.717) is 11.6 Å². The number of hydrogen-bond acceptors (Lipinski definition) is 3. The van der Waals surface area contributed by atoms with Gasteiger partial charge in [-0.05, 0) is 49.2 Å². The molecule has 3 rings (SSSR count). The van der Waals surface area contributed by atoms with Gasteiger partial charge in [-0.15, -0.1) is 0 Å². The highest BCUT2D eigenvalue weighted by Crippen LogP contribution is 2.32. The van der Waals surface area contributed by atoms with Crippen molar-refractivity contribution in [1.82, 2.24) is 0 Å². The predicted octanol–water partition coefficient (Wildman–Crippen LogP) is 6.54. The molecule has 2 aromatic carbocycles. The fraction of sp³-hybridized carbons (Fsp3) is 0.143. The van der Waals surface area contributed by atoms with E-state index < -0.39 is 0 Å². The maximum Gasteiger partial charge on any atom is 0.134 e. The molecule has 2 nitrogen and oxygen atoms in total. The third-order valence-electron chi connectivity index (χ3n) is 3.89. The van der Waals surface area contributed by atoms with Gasteiger partial charge in [-0.3, -0.25) is 0 Å². The van der Waals surface area contributed by atoms with E-state index in [0.717, 1.165) is 12.1 Å². The Kier molecular flexibility index (Phi) is 5.90. The Labute approximate surface area is 157 Å². The van der Waals surface area contributed by atoms with E-state index in [1.54, 1.807) is 23.9 Å². The van der Waals surface area contributed by atoms with E-state index >= 15 is 0 Å². The summed E-state index contributed by atoms with van der Waals surface area (Å²) in [5, 5.41) is 13.2. The smallest absolute Gasteiger partial charge is 0.134 e. The largest absolute Gasteiger partial charge is 0.506 e. The third-order valence-corrected chi connectivity index (χ3v) is 5.31. The van der Waals surface area contributed by atoms with E-state index in [1.165, 1.54) is 20.9 Å². The zero-order valence-electron chi connectivity index (χ0n) is 14.0.